The average Bonchev–Trinajstić information content (AvgIpc) is 3.42. The molecule has 0 aromatic heterocycles. The van der Waals surface area contributed by atoms with Crippen LogP contribution in [0.3, 0.4) is 0 Å². The number of hydrogen-bond acceptors (Lipinski definition) is 7. The smallest absolute Gasteiger partial charge is 0.247 e. The third kappa shape index (κ3) is 8.77. The molecule has 11 heteroatoms. The van der Waals surface area contributed by atoms with Gasteiger partial charge in [0.15, 0.2) is 0 Å². The zero-order valence-electron chi connectivity index (χ0n) is 28.4. The molecule has 1 saturated heterocycles. The Morgan fingerprint density at radius 3 is 2.42 bits per heavy atom. The highest BCUT2D eigenvalue weighted by Gasteiger charge is 2.47. The molecule has 2 heterocycles. The molecule has 1 aromatic carbocycles. The van der Waals surface area contributed by atoms with Gasteiger partial charge < -0.3 is 30.3 Å². The van der Waals surface area contributed by atoms with Gasteiger partial charge in [0.05, 0.1) is 13.2 Å². The summed E-state index contributed by atoms with van der Waals surface area (Å²) in [7, 11) is 5.28. The van der Waals surface area contributed by atoms with Crippen molar-refractivity contribution in [2.45, 2.75) is 97.5 Å². The molecule has 2 aliphatic rings. The number of likely N-dealkylation sites (N-methyl/N-ethyl adjacent to an activating group) is 1. The minimum absolute atomic E-state index is 0.177. The quantitative estimate of drug-likeness (QED) is 0.344. The van der Waals surface area contributed by atoms with E-state index in [9.17, 15) is 19.2 Å². The summed E-state index contributed by atoms with van der Waals surface area (Å²) in [5.41, 5.74) is 0.688. The van der Waals surface area contributed by atoms with Crippen molar-refractivity contribution >= 4 is 29.7 Å². The standard InChI is InChI=1S/C34H53N5O6/c1-10-21(5)28-32(41)35-16-14-23-19-24(12-13-26(23)44-9)45-27-15-17-39(30(27)33(42)36-28)34(43)29(22(6)11-2)37-31(40)25(38(7)8)18-20(3)4/h12-14,16,19-22,25,27-30H,10-11,15,17-18H2,1-9H3,(H,35,41)(H,36,42)(H,37,40)/b16-14-/t21?,22-,25-,27-,28-,29-,30-/m0/s1. The van der Waals surface area contributed by atoms with E-state index < -0.39 is 36.2 Å². The van der Waals surface area contributed by atoms with Crippen LogP contribution in [0.1, 0.15) is 72.8 Å². The minimum atomic E-state index is -1.01. The summed E-state index contributed by atoms with van der Waals surface area (Å²) in [6.45, 7) is 12.1. The Hall–Kier alpha value is -3.60. The van der Waals surface area contributed by atoms with Gasteiger partial charge in [-0.3, -0.25) is 24.1 Å². The highest BCUT2D eigenvalue weighted by molar-refractivity contribution is 5.96. The molecule has 1 unspecified atom stereocenters. The number of fused-ring (bicyclic) bond motifs is 3. The fourth-order valence-corrected chi connectivity index (χ4v) is 5.89. The first-order chi connectivity index (χ1) is 21.3. The second kappa shape index (κ2) is 16.1. The van der Waals surface area contributed by atoms with Crippen LogP contribution >= 0.6 is 0 Å². The molecule has 4 amide bonds. The molecule has 0 aliphatic carbocycles. The molecular formula is C34H53N5O6. The van der Waals surface area contributed by atoms with Crippen molar-refractivity contribution in [3.05, 3.63) is 30.0 Å². The molecule has 0 saturated carbocycles. The van der Waals surface area contributed by atoms with Crippen molar-refractivity contribution in [1.29, 1.82) is 0 Å². The topological polar surface area (TPSA) is 129 Å². The molecule has 250 valence electrons. The lowest BCUT2D eigenvalue weighted by Crippen LogP contribution is -2.61. The van der Waals surface area contributed by atoms with Gasteiger partial charge in [0.25, 0.3) is 0 Å². The summed E-state index contributed by atoms with van der Waals surface area (Å²) >= 11 is 0. The van der Waals surface area contributed by atoms with E-state index in [-0.39, 0.29) is 42.0 Å². The number of ether oxygens (including phenoxy) is 2. The van der Waals surface area contributed by atoms with Gasteiger partial charge >= 0.3 is 0 Å². The number of nitrogens with zero attached hydrogens (tertiary/aromatic N) is 2. The van der Waals surface area contributed by atoms with E-state index in [1.54, 1.807) is 31.4 Å². The number of methoxy groups -OCH3 is 1. The lowest BCUT2D eigenvalue weighted by molar-refractivity contribution is -0.145. The average molecular weight is 628 g/mol. The Bertz CT molecular complexity index is 1230. The van der Waals surface area contributed by atoms with Gasteiger partial charge in [0.1, 0.15) is 35.7 Å². The Kier molecular flexibility index (Phi) is 12.8. The van der Waals surface area contributed by atoms with Gasteiger partial charge in [-0.25, -0.2) is 0 Å². The van der Waals surface area contributed by atoms with Crippen LogP contribution in [0.5, 0.6) is 11.5 Å². The predicted molar refractivity (Wildman–Crippen MR) is 174 cm³/mol. The van der Waals surface area contributed by atoms with E-state index in [2.05, 4.69) is 29.8 Å². The van der Waals surface area contributed by atoms with Crippen molar-refractivity contribution in [1.82, 2.24) is 25.8 Å². The van der Waals surface area contributed by atoms with Crippen LogP contribution in [0.15, 0.2) is 24.4 Å². The summed E-state index contributed by atoms with van der Waals surface area (Å²) < 4.78 is 11.9. The maximum absolute atomic E-state index is 14.4. The van der Waals surface area contributed by atoms with E-state index >= 15 is 0 Å². The number of rotatable bonds is 11. The van der Waals surface area contributed by atoms with Crippen LogP contribution in [-0.2, 0) is 19.2 Å². The summed E-state index contributed by atoms with van der Waals surface area (Å²) in [6, 6.07) is 2.21. The molecular weight excluding hydrogens is 574 g/mol. The first-order valence-corrected chi connectivity index (χ1v) is 16.2. The number of likely N-dealkylation sites (tertiary alicyclic amines) is 1. The summed E-state index contributed by atoms with van der Waals surface area (Å²) in [5, 5.41) is 8.78. The van der Waals surface area contributed by atoms with E-state index in [4.69, 9.17) is 9.47 Å². The van der Waals surface area contributed by atoms with Crippen molar-refractivity contribution in [2.75, 3.05) is 27.7 Å². The Labute approximate surface area is 268 Å². The fraction of sp³-hybridized carbons (Fsp3) is 0.647. The van der Waals surface area contributed by atoms with Gasteiger partial charge in [-0.1, -0.05) is 54.4 Å². The largest absolute Gasteiger partial charge is 0.496 e. The molecule has 3 rings (SSSR count). The van der Waals surface area contributed by atoms with E-state index in [1.807, 2.05) is 46.7 Å². The van der Waals surface area contributed by atoms with Crippen LogP contribution in [0.2, 0.25) is 0 Å². The molecule has 0 radical (unpaired) electrons. The maximum atomic E-state index is 14.4. The molecule has 0 spiro atoms. The number of carbonyl (C=O) groups is 4. The molecule has 45 heavy (non-hydrogen) atoms. The minimum Gasteiger partial charge on any atom is -0.496 e. The van der Waals surface area contributed by atoms with E-state index in [0.717, 1.165) is 0 Å². The van der Waals surface area contributed by atoms with Crippen LogP contribution in [0, 0.1) is 17.8 Å². The molecule has 3 N–H and O–H groups in total. The Morgan fingerprint density at radius 2 is 1.82 bits per heavy atom. The first kappa shape index (κ1) is 35.9. The van der Waals surface area contributed by atoms with Gasteiger partial charge in [-0.2, -0.15) is 0 Å². The number of amides is 4. The van der Waals surface area contributed by atoms with Gasteiger partial charge in [-0.05, 0) is 62.5 Å². The number of carbonyl (C=O) groups excluding carboxylic acids is 4. The highest BCUT2D eigenvalue weighted by Crippen LogP contribution is 2.31. The molecule has 1 aromatic rings. The van der Waals surface area contributed by atoms with Crippen molar-refractivity contribution in [3.63, 3.8) is 0 Å². The lowest BCUT2D eigenvalue weighted by atomic mass is 9.95. The van der Waals surface area contributed by atoms with Crippen molar-refractivity contribution in [3.8, 4) is 11.5 Å². The SMILES string of the molecule is CCC(C)[C@@H]1NC(=O)[C@@H]2[C@H](CCN2C(=O)[C@@H](NC(=O)[C@H](CC(C)C)N(C)C)[C@@H](C)CC)Oc2ccc(OC)c(c2)/C=C\NC1=O. The van der Waals surface area contributed by atoms with Crippen molar-refractivity contribution in [2.24, 2.45) is 17.8 Å². The first-order valence-electron chi connectivity index (χ1n) is 16.2. The number of benzene rings is 1. The van der Waals surface area contributed by atoms with Crippen LogP contribution in [-0.4, -0.2) is 91.4 Å². The zero-order valence-corrected chi connectivity index (χ0v) is 28.4. The van der Waals surface area contributed by atoms with Crippen LogP contribution in [0.25, 0.3) is 6.08 Å². The second-order valence-corrected chi connectivity index (χ2v) is 13.0. The molecule has 11 nitrogen and oxygen atoms in total. The third-order valence-electron chi connectivity index (χ3n) is 9.06. The second-order valence-electron chi connectivity index (χ2n) is 13.0. The fourth-order valence-electron chi connectivity index (χ4n) is 5.89. The lowest BCUT2D eigenvalue weighted by Gasteiger charge is -2.35. The third-order valence-corrected chi connectivity index (χ3v) is 9.06. The van der Waals surface area contributed by atoms with E-state index in [1.165, 1.54) is 11.1 Å². The predicted octanol–water partition coefficient (Wildman–Crippen LogP) is 3.18. The van der Waals surface area contributed by atoms with E-state index in [0.29, 0.717) is 42.7 Å². The normalized spacial score (nSPS) is 23.6. The van der Waals surface area contributed by atoms with Crippen LogP contribution in [0.4, 0.5) is 0 Å². The van der Waals surface area contributed by atoms with Gasteiger partial charge in [0, 0.05) is 24.7 Å². The number of nitrogens with one attached hydrogen (secondary N) is 3. The highest BCUT2D eigenvalue weighted by atomic mass is 16.5. The molecule has 1 fully saturated rings. The van der Waals surface area contributed by atoms with Gasteiger partial charge in [-0.15, -0.1) is 0 Å². The molecule has 2 aliphatic heterocycles. The van der Waals surface area contributed by atoms with Crippen molar-refractivity contribution < 1.29 is 28.7 Å². The Balaban J connectivity index is 2.02. The summed E-state index contributed by atoms with van der Waals surface area (Å²) in [6.07, 6.45) is 4.91. The summed E-state index contributed by atoms with van der Waals surface area (Å²) in [4.78, 5) is 58.8. The summed E-state index contributed by atoms with van der Waals surface area (Å²) in [5.74, 6) is -0.362. The Morgan fingerprint density at radius 1 is 1.11 bits per heavy atom. The van der Waals surface area contributed by atoms with Gasteiger partial charge in [0.2, 0.25) is 23.6 Å². The zero-order chi connectivity index (χ0) is 33.4. The molecule has 7 atom stereocenters. The molecule has 2 bridgehead atoms. The van der Waals surface area contributed by atoms with Crippen LogP contribution < -0.4 is 25.4 Å². The monoisotopic (exact) mass is 627 g/mol. The maximum Gasteiger partial charge on any atom is 0.247 e. The number of hydrogen-bond donors (Lipinski definition) is 3.